The lowest BCUT2D eigenvalue weighted by atomic mass is 10.5. The molecule has 0 saturated carbocycles. The number of amides is 1. The molecule has 0 fully saturated rings. The Balaban J connectivity index is -0.0000000225. The summed E-state index contributed by atoms with van der Waals surface area (Å²) in [6.45, 7) is 6.92. The van der Waals surface area contributed by atoms with Gasteiger partial charge in [0.15, 0.2) is 0 Å². The second kappa shape index (κ2) is 64.0. The predicted octanol–water partition coefficient (Wildman–Crippen LogP) is 2.84. The van der Waals surface area contributed by atoms with Gasteiger partial charge in [0.25, 0.3) is 0 Å². The minimum Gasteiger partial charge on any atom is -0.359 e. The van der Waals surface area contributed by atoms with E-state index >= 15 is 0 Å². The third-order valence-corrected chi connectivity index (χ3v) is 1.27. The van der Waals surface area contributed by atoms with E-state index in [9.17, 15) is 9.59 Å². The van der Waals surface area contributed by atoms with Crippen LogP contribution < -0.4 is 16.4 Å². The van der Waals surface area contributed by atoms with Crippen molar-refractivity contribution in [2.75, 3.05) is 27.7 Å². The summed E-state index contributed by atoms with van der Waals surface area (Å²) in [7, 11) is 5.09. The summed E-state index contributed by atoms with van der Waals surface area (Å²) in [6.07, 6.45) is 3.33. The molecular formula is C15H43N3O2. The van der Waals surface area contributed by atoms with Crippen molar-refractivity contribution in [2.45, 2.75) is 62.3 Å². The van der Waals surface area contributed by atoms with Gasteiger partial charge in [-0.1, -0.05) is 43.1 Å². The quantitative estimate of drug-likeness (QED) is 0.697. The van der Waals surface area contributed by atoms with Crippen LogP contribution in [0.15, 0.2) is 0 Å². The Bertz CT molecular complexity index is 124. The maximum absolute atomic E-state index is 10.1. The fraction of sp³-hybridized carbons (Fsp3) is 0.867. The van der Waals surface area contributed by atoms with Gasteiger partial charge in [-0.25, -0.2) is 0 Å². The highest BCUT2D eigenvalue weighted by atomic mass is 16.1. The summed E-state index contributed by atoms with van der Waals surface area (Å²) < 4.78 is 0. The minimum atomic E-state index is 0. The molecule has 0 aromatic carbocycles. The highest BCUT2D eigenvalue weighted by molar-refractivity contribution is 5.74. The van der Waals surface area contributed by atoms with Gasteiger partial charge in [-0.05, 0) is 27.1 Å². The number of nitrogens with two attached hydrogens (primary N) is 1. The van der Waals surface area contributed by atoms with Crippen molar-refractivity contribution in [3.05, 3.63) is 0 Å². The van der Waals surface area contributed by atoms with Crippen LogP contribution >= 0.6 is 0 Å². The normalized spacial score (nSPS) is 5.95. The largest absolute Gasteiger partial charge is 0.359 e. The standard InChI is InChI=1S/C4H9NO.C4H11N.C3H6O.CH5N.3CH4/c1-3-4(6)5-2;1-3-4-5-2;1-2-3-4;1-2;;;/h3H2,1-2H3,(H,5,6);5H,3-4H2,1-2H3;3H,2H2,1H3;2H2,1H3;3*1H4. The zero-order valence-electron chi connectivity index (χ0n) is 12.3. The van der Waals surface area contributed by atoms with Crippen molar-refractivity contribution in [2.24, 2.45) is 5.73 Å². The van der Waals surface area contributed by atoms with Crippen LogP contribution in [0.4, 0.5) is 0 Å². The molecule has 0 aliphatic carbocycles. The molecule has 0 unspecified atom stereocenters. The highest BCUT2D eigenvalue weighted by Gasteiger charge is 1.84. The van der Waals surface area contributed by atoms with Gasteiger partial charge in [-0.15, -0.1) is 0 Å². The Kier molecular flexibility index (Phi) is 137. The molecule has 130 valence electrons. The summed E-state index contributed by atoms with van der Waals surface area (Å²) in [5.74, 6) is 0.0926. The average molecular weight is 298 g/mol. The Morgan fingerprint density at radius 1 is 1.05 bits per heavy atom. The number of rotatable bonds is 4. The van der Waals surface area contributed by atoms with Crippen LogP contribution in [0.5, 0.6) is 0 Å². The van der Waals surface area contributed by atoms with E-state index in [4.69, 9.17) is 0 Å². The van der Waals surface area contributed by atoms with E-state index in [0.717, 1.165) is 12.8 Å². The lowest BCUT2D eigenvalue weighted by Crippen LogP contribution is -2.15. The van der Waals surface area contributed by atoms with E-state index < -0.39 is 0 Å². The van der Waals surface area contributed by atoms with Crippen molar-refractivity contribution in [1.29, 1.82) is 0 Å². The first-order valence-electron chi connectivity index (χ1n) is 6.00. The van der Waals surface area contributed by atoms with Crippen molar-refractivity contribution < 1.29 is 9.59 Å². The average Bonchev–Trinajstić information content (AvgIpc) is 2.42. The topological polar surface area (TPSA) is 84.2 Å². The second-order valence-corrected chi connectivity index (χ2v) is 2.71. The highest BCUT2D eigenvalue weighted by Crippen LogP contribution is 1.68. The number of hydrogen-bond acceptors (Lipinski definition) is 4. The van der Waals surface area contributed by atoms with Gasteiger partial charge in [0, 0.05) is 19.9 Å². The van der Waals surface area contributed by atoms with E-state index in [1.54, 1.807) is 7.05 Å². The van der Waals surface area contributed by atoms with Crippen LogP contribution in [0.3, 0.4) is 0 Å². The second-order valence-electron chi connectivity index (χ2n) is 2.71. The number of hydrogen-bond donors (Lipinski definition) is 3. The molecule has 0 aliphatic rings. The SMILES string of the molecule is C.C.C.CCC(=O)NC.CCC=O.CCCNC.CN. The van der Waals surface area contributed by atoms with E-state index in [1.807, 2.05) is 20.9 Å². The molecule has 0 rings (SSSR count). The molecule has 0 radical (unpaired) electrons. The molecule has 0 aromatic heterocycles. The van der Waals surface area contributed by atoms with Crippen LogP contribution in [-0.2, 0) is 9.59 Å². The first-order chi connectivity index (χ1) is 8.14. The molecule has 20 heavy (non-hydrogen) atoms. The van der Waals surface area contributed by atoms with Gasteiger partial charge in [0.2, 0.25) is 5.91 Å². The van der Waals surface area contributed by atoms with Gasteiger partial charge < -0.3 is 21.2 Å². The molecule has 0 aromatic rings. The van der Waals surface area contributed by atoms with Crippen molar-refractivity contribution >= 4 is 12.2 Å². The van der Waals surface area contributed by atoms with Gasteiger partial charge in [-0.3, -0.25) is 4.79 Å². The molecule has 5 nitrogen and oxygen atoms in total. The molecule has 0 spiro atoms. The van der Waals surface area contributed by atoms with Gasteiger partial charge in [0.05, 0.1) is 0 Å². The van der Waals surface area contributed by atoms with Crippen LogP contribution in [0.1, 0.15) is 62.3 Å². The van der Waals surface area contributed by atoms with Crippen LogP contribution in [0.2, 0.25) is 0 Å². The van der Waals surface area contributed by atoms with Gasteiger partial charge in [0.1, 0.15) is 6.29 Å². The lowest BCUT2D eigenvalue weighted by molar-refractivity contribution is -0.120. The molecule has 0 aliphatic heterocycles. The summed E-state index contributed by atoms with van der Waals surface area (Å²) in [5, 5.41) is 5.49. The summed E-state index contributed by atoms with van der Waals surface area (Å²) in [4.78, 5) is 19.2. The van der Waals surface area contributed by atoms with E-state index in [0.29, 0.717) is 12.8 Å². The van der Waals surface area contributed by atoms with E-state index in [-0.39, 0.29) is 28.2 Å². The minimum absolute atomic E-state index is 0. The van der Waals surface area contributed by atoms with Crippen LogP contribution in [-0.4, -0.2) is 39.9 Å². The van der Waals surface area contributed by atoms with Gasteiger partial charge >= 0.3 is 0 Å². The first-order valence-corrected chi connectivity index (χ1v) is 6.00. The Morgan fingerprint density at radius 3 is 1.40 bits per heavy atom. The van der Waals surface area contributed by atoms with Gasteiger partial charge in [-0.2, -0.15) is 0 Å². The van der Waals surface area contributed by atoms with Crippen molar-refractivity contribution in [3.8, 4) is 0 Å². The monoisotopic (exact) mass is 297 g/mol. The Morgan fingerprint density at radius 2 is 1.40 bits per heavy atom. The zero-order valence-corrected chi connectivity index (χ0v) is 12.3. The molecule has 0 atom stereocenters. The van der Waals surface area contributed by atoms with Crippen LogP contribution in [0.25, 0.3) is 0 Å². The molecular weight excluding hydrogens is 254 g/mol. The zero-order chi connectivity index (χ0) is 14.5. The van der Waals surface area contributed by atoms with Crippen molar-refractivity contribution in [3.63, 3.8) is 0 Å². The number of nitrogens with one attached hydrogen (secondary N) is 2. The third-order valence-electron chi connectivity index (χ3n) is 1.27. The summed E-state index contributed by atoms with van der Waals surface area (Å²) >= 11 is 0. The van der Waals surface area contributed by atoms with E-state index in [2.05, 4.69) is 23.3 Å². The van der Waals surface area contributed by atoms with Crippen LogP contribution in [0, 0.1) is 0 Å². The predicted molar refractivity (Wildman–Crippen MR) is 95.2 cm³/mol. The fourth-order valence-electron chi connectivity index (χ4n) is 0.427. The molecule has 0 saturated heterocycles. The third kappa shape index (κ3) is 120. The summed E-state index contributed by atoms with van der Waals surface area (Å²) in [5.41, 5.74) is 4.50. The number of carbonyl (C=O) groups is 2. The van der Waals surface area contributed by atoms with Crippen molar-refractivity contribution in [1.82, 2.24) is 10.6 Å². The smallest absolute Gasteiger partial charge is 0.219 e. The maximum Gasteiger partial charge on any atom is 0.219 e. The molecule has 5 heteroatoms. The number of aldehydes is 1. The number of carbonyl (C=O) groups excluding carboxylic acids is 2. The molecule has 0 bridgehead atoms. The molecule has 0 heterocycles. The molecule has 4 N–H and O–H groups in total. The summed E-state index contributed by atoms with van der Waals surface area (Å²) in [6, 6.07) is 0. The fourth-order valence-corrected chi connectivity index (χ4v) is 0.427. The Labute approximate surface area is 129 Å². The van der Waals surface area contributed by atoms with E-state index in [1.165, 1.54) is 13.5 Å². The maximum atomic E-state index is 10.1. The lowest BCUT2D eigenvalue weighted by Gasteiger charge is -1.87. The molecule has 1 amide bonds. The Hall–Kier alpha value is -0.940. The first kappa shape index (κ1) is 42.7.